The minimum absolute atomic E-state index is 0. The Labute approximate surface area is 152 Å². The standard InChI is InChI=1S/C21H30N.BrH/c1-4-5-8-20-10-12-21(13-11-20)9-6-7-14-22-16-18(2)15-19(3)17-22;/h10-13,15-17H,4-9,14H2,1-3H3;1H/q+1;/p-1. The molecule has 0 unspecified atom stereocenters. The molecular weight excluding hydrogens is 346 g/mol. The zero-order valence-corrected chi connectivity index (χ0v) is 16.4. The molecule has 1 aromatic heterocycles. The highest BCUT2D eigenvalue weighted by Crippen LogP contribution is 2.10. The third kappa shape index (κ3) is 7.30. The fraction of sp³-hybridized carbons (Fsp3) is 0.476. The van der Waals surface area contributed by atoms with Gasteiger partial charge in [-0.2, -0.15) is 0 Å². The van der Waals surface area contributed by atoms with Crippen molar-refractivity contribution in [3.05, 3.63) is 65.0 Å². The topological polar surface area (TPSA) is 3.88 Å². The molecule has 2 aromatic rings. The van der Waals surface area contributed by atoms with Crippen molar-refractivity contribution in [3.8, 4) is 0 Å². The summed E-state index contributed by atoms with van der Waals surface area (Å²) >= 11 is 0. The van der Waals surface area contributed by atoms with Crippen LogP contribution in [-0.2, 0) is 19.4 Å². The van der Waals surface area contributed by atoms with Crippen LogP contribution in [0.3, 0.4) is 0 Å². The number of benzene rings is 1. The van der Waals surface area contributed by atoms with Crippen molar-refractivity contribution in [3.63, 3.8) is 0 Å². The van der Waals surface area contributed by atoms with Crippen LogP contribution in [0.5, 0.6) is 0 Å². The SMILES string of the molecule is CCCCc1ccc(CCCC[n+]2cc(C)cc(C)c2)cc1.[Br-]. The van der Waals surface area contributed by atoms with E-state index in [0.29, 0.717) is 0 Å². The molecule has 1 aromatic carbocycles. The number of hydrogen-bond donors (Lipinski definition) is 0. The zero-order valence-electron chi connectivity index (χ0n) is 14.8. The minimum Gasteiger partial charge on any atom is -1.00 e. The van der Waals surface area contributed by atoms with Gasteiger partial charge in [0, 0.05) is 17.5 Å². The van der Waals surface area contributed by atoms with Gasteiger partial charge in [0.25, 0.3) is 0 Å². The van der Waals surface area contributed by atoms with Crippen molar-refractivity contribution < 1.29 is 21.5 Å². The average Bonchev–Trinajstić information content (AvgIpc) is 2.50. The van der Waals surface area contributed by atoms with Crippen molar-refractivity contribution in [2.75, 3.05) is 0 Å². The summed E-state index contributed by atoms with van der Waals surface area (Å²) in [6.07, 6.45) is 12.0. The minimum atomic E-state index is 0. The first-order valence-electron chi connectivity index (χ1n) is 8.72. The Kier molecular flexibility index (Phi) is 9.16. The number of halogens is 1. The first-order chi connectivity index (χ1) is 10.7. The first-order valence-corrected chi connectivity index (χ1v) is 8.72. The van der Waals surface area contributed by atoms with Crippen LogP contribution in [0.1, 0.15) is 54.9 Å². The summed E-state index contributed by atoms with van der Waals surface area (Å²) in [5, 5.41) is 0. The van der Waals surface area contributed by atoms with E-state index in [4.69, 9.17) is 0 Å². The number of unbranched alkanes of at least 4 members (excludes halogenated alkanes) is 2. The predicted octanol–water partition coefficient (Wildman–Crippen LogP) is 1.96. The maximum atomic E-state index is 2.33. The molecule has 2 heteroatoms. The third-order valence-corrected chi connectivity index (χ3v) is 4.17. The van der Waals surface area contributed by atoms with Crippen LogP contribution in [0.2, 0.25) is 0 Å². The summed E-state index contributed by atoms with van der Waals surface area (Å²) in [6, 6.07) is 11.5. The van der Waals surface area contributed by atoms with E-state index in [9.17, 15) is 0 Å². The first kappa shape index (κ1) is 19.9. The molecule has 0 bridgehead atoms. The van der Waals surface area contributed by atoms with Gasteiger partial charge < -0.3 is 17.0 Å². The molecule has 0 spiro atoms. The van der Waals surface area contributed by atoms with E-state index in [2.05, 4.69) is 68.1 Å². The van der Waals surface area contributed by atoms with E-state index >= 15 is 0 Å². The van der Waals surface area contributed by atoms with Gasteiger partial charge in [-0.05, 0) is 56.7 Å². The van der Waals surface area contributed by atoms with Crippen LogP contribution in [0.15, 0.2) is 42.7 Å². The summed E-state index contributed by atoms with van der Waals surface area (Å²) in [7, 11) is 0. The molecule has 1 nitrogen and oxygen atoms in total. The molecule has 0 amide bonds. The Morgan fingerprint density at radius 1 is 0.783 bits per heavy atom. The van der Waals surface area contributed by atoms with E-state index in [0.717, 1.165) is 6.54 Å². The molecule has 23 heavy (non-hydrogen) atoms. The van der Waals surface area contributed by atoms with Crippen molar-refractivity contribution in [1.82, 2.24) is 0 Å². The lowest BCUT2D eigenvalue weighted by Gasteiger charge is -2.04. The molecule has 2 rings (SSSR count). The second-order valence-corrected chi connectivity index (χ2v) is 6.51. The van der Waals surface area contributed by atoms with Crippen LogP contribution >= 0.6 is 0 Å². The second kappa shape index (κ2) is 10.6. The number of nitrogens with zero attached hydrogens (tertiary/aromatic N) is 1. The van der Waals surface area contributed by atoms with Gasteiger partial charge in [-0.25, -0.2) is 4.57 Å². The van der Waals surface area contributed by atoms with Crippen LogP contribution in [-0.4, -0.2) is 0 Å². The van der Waals surface area contributed by atoms with E-state index < -0.39 is 0 Å². The highest BCUT2D eigenvalue weighted by molar-refractivity contribution is 5.22. The monoisotopic (exact) mass is 375 g/mol. The van der Waals surface area contributed by atoms with Crippen molar-refractivity contribution in [1.29, 1.82) is 0 Å². The predicted molar refractivity (Wildman–Crippen MR) is 94.1 cm³/mol. The Hall–Kier alpha value is -1.15. The molecular formula is C21H30BrN. The molecule has 0 aliphatic heterocycles. The van der Waals surface area contributed by atoms with Gasteiger partial charge in [-0.15, -0.1) is 0 Å². The smallest absolute Gasteiger partial charge is 0.171 e. The molecule has 0 saturated heterocycles. The summed E-state index contributed by atoms with van der Waals surface area (Å²) in [5.74, 6) is 0. The maximum absolute atomic E-state index is 2.33. The summed E-state index contributed by atoms with van der Waals surface area (Å²) < 4.78 is 2.33. The van der Waals surface area contributed by atoms with Gasteiger partial charge in [-0.1, -0.05) is 37.6 Å². The highest BCUT2D eigenvalue weighted by atomic mass is 79.9. The molecule has 1 heterocycles. The van der Waals surface area contributed by atoms with E-state index in [1.807, 2.05) is 0 Å². The lowest BCUT2D eigenvalue weighted by molar-refractivity contribution is -0.698. The average molecular weight is 376 g/mol. The number of aromatic nitrogens is 1. The summed E-state index contributed by atoms with van der Waals surface area (Å²) in [6.45, 7) is 7.71. The fourth-order valence-electron chi connectivity index (χ4n) is 3.00. The van der Waals surface area contributed by atoms with Gasteiger partial charge in [-0.3, -0.25) is 0 Å². The largest absolute Gasteiger partial charge is 1.00 e. The van der Waals surface area contributed by atoms with Crippen molar-refractivity contribution in [2.24, 2.45) is 0 Å². The summed E-state index contributed by atoms with van der Waals surface area (Å²) in [5.41, 5.74) is 5.66. The van der Waals surface area contributed by atoms with Gasteiger partial charge in [0.1, 0.15) is 6.54 Å². The number of rotatable bonds is 8. The van der Waals surface area contributed by atoms with Gasteiger partial charge in [0.2, 0.25) is 0 Å². The highest BCUT2D eigenvalue weighted by Gasteiger charge is 2.03. The van der Waals surface area contributed by atoms with Gasteiger partial charge >= 0.3 is 0 Å². The van der Waals surface area contributed by atoms with Crippen LogP contribution < -0.4 is 21.5 Å². The van der Waals surface area contributed by atoms with Crippen molar-refractivity contribution >= 4 is 0 Å². The zero-order chi connectivity index (χ0) is 15.8. The van der Waals surface area contributed by atoms with E-state index in [1.54, 1.807) is 0 Å². The molecule has 0 radical (unpaired) electrons. The molecule has 0 N–H and O–H groups in total. The fourth-order valence-corrected chi connectivity index (χ4v) is 3.00. The molecule has 0 aliphatic carbocycles. The van der Waals surface area contributed by atoms with Gasteiger partial charge in [0.15, 0.2) is 12.4 Å². The molecule has 0 aliphatic rings. The second-order valence-electron chi connectivity index (χ2n) is 6.51. The number of pyridine rings is 1. The third-order valence-electron chi connectivity index (χ3n) is 4.17. The number of hydrogen-bond acceptors (Lipinski definition) is 0. The van der Waals surface area contributed by atoms with Crippen LogP contribution in [0, 0.1) is 13.8 Å². The molecule has 126 valence electrons. The molecule has 0 fully saturated rings. The quantitative estimate of drug-likeness (QED) is 0.490. The summed E-state index contributed by atoms with van der Waals surface area (Å²) in [4.78, 5) is 0. The maximum Gasteiger partial charge on any atom is 0.171 e. The Balaban J connectivity index is 0.00000264. The molecule has 0 atom stereocenters. The Morgan fingerprint density at radius 2 is 1.30 bits per heavy atom. The Bertz CT molecular complexity index is 555. The lowest BCUT2D eigenvalue weighted by Crippen LogP contribution is -3.00. The van der Waals surface area contributed by atoms with E-state index in [-0.39, 0.29) is 17.0 Å². The Morgan fingerprint density at radius 3 is 1.83 bits per heavy atom. The van der Waals surface area contributed by atoms with Crippen molar-refractivity contribution in [2.45, 2.75) is 65.8 Å². The van der Waals surface area contributed by atoms with Crippen LogP contribution in [0.4, 0.5) is 0 Å². The van der Waals surface area contributed by atoms with Crippen LogP contribution in [0.25, 0.3) is 0 Å². The van der Waals surface area contributed by atoms with Gasteiger partial charge in [0.05, 0.1) is 0 Å². The number of aryl methyl sites for hydroxylation is 5. The molecule has 0 saturated carbocycles. The van der Waals surface area contributed by atoms with E-state index in [1.165, 1.54) is 60.8 Å². The normalized spacial score (nSPS) is 10.4. The lowest BCUT2D eigenvalue weighted by atomic mass is 10.0.